The molecule has 0 aromatic heterocycles. The number of benzene rings is 4. The normalized spacial score (nSPS) is 13.5. The van der Waals surface area contributed by atoms with Gasteiger partial charge in [-0.1, -0.05) is 30.4 Å². The lowest BCUT2D eigenvalue weighted by Gasteiger charge is -2.28. The van der Waals surface area contributed by atoms with Crippen molar-refractivity contribution in [3.05, 3.63) is 89.0 Å². The monoisotopic (exact) mass is 670 g/mol. The van der Waals surface area contributed by atoms with E-state index in [2.05, 4.69) is 10.6 Å². The Morgan fingerprint density at radius 1 is 0.571 bits per heavy atom. The molecule has 0 aliphatic carbocycles. The Labute approximate surface area is 286 Å². The minimum atomic E-state index is -0.386. The summed E-state index contributed by atoms with van der Waals surface area (Å²) in [6.45, 7) is 0.894. The highest BCUT2D eigenvalue weighted by Gasteiger charge is 2.25. The standard InChI is InChI=1S/C38H42N2O9/c1-42-30-23-26(37-39-28-12-8-7-11-27(28)38(41)40-37)15-16-29(30)48-17-9-10-18-49-36-33(45-4)21-25(22-34(36)46-5)14-13-24-19-31(43-2)35(47-6)32(20-24)44-3/h7-8,11-16,19-23,37,39H,9-10,17-18H2,1-6H3,(H,40,41)/b14-13-. The van der Waals surface area contributed by atoms with Crippen molar-refractivity contribution in [2.75, 3.05) is 61.2 Å². The fourth-order valence-electron chi connectivity index (χ4n) is 5.45. The minimum Gasteiger partial charge on any atom is -0.493 e. The Morgan fingerprint density at radius 2 is 1.12 bits per heavy atom. The van der Waals surface area contributed by atoms with Crippen molar-refractivity contribution in [1.29, 1.82) is 0 Å². The Kier molecular flexibility index (Phi) is 11.6. The van der Waals surface area contributed by atoms with E-state index in [1.54, 1.807) is 48.7 Å². The molecule has 1 unspecified atom stereocenters. The van der Waals surface area contributed by atoms with Crippen LogP contribution in [0.3, 0.4) is 0 Å². The molecule has 1 aliphatic heterocycles. The number of hydrogen-bond acceptors (Lipinski definition) is 10. The highest BCUT2D eigenvalue weighted by Crippen LogP contribution is 2.41. The molecular weight excluding hydrogens is 628 g/mol. The number of rotatable bonds is 16. The van der Waals surface area contributed by atoms with Crippen molar-refractivity contribution < 1.29 is 42.7 Å². The van der Waals surface area contributed by atoms with Gasteiger partial charge in [-0.3, -0.25) is 4.79 Å². The molecule has 0 bridgehead atoms. The van der Waals surface area contributed by atoms with Gasteiger partial charge in [-0.15, -0.1) is 0 Å². The molecular formula is C38H42N2O9. The quantitative estimate of drug-likeness (QED) is 0.0954. The van der Waals surface area contributed by atoms with Crippen molar-refractivity contribution in [2.24, 2.45) is 0 Å². The number of methoxy groups -OCH3 is 6. The van der Waals surface area contributed by atoms with Crippen LogP contribution in [0.2, 0.25) is 0 Å². The summed E-state index contributed by atoms with van der Waals surface area (Å²) in [6.07, 6.45) is 4.96. The third-order valence-corrected chi connectivity index (χ3v) is 7.95. The highest BCUT2D eigenvalue weighted by molar-refractivity contribution is 6.01. The maximum Gasteiger partial charge on any atom is 0.255 e. The average molecular weight is 671 g/mol. The van der Waals surface area contributed by atoms with Crippen LogP contribution in [0.25, 0.3) is 12.2 Å². The lowest BCUT2D eigenvalue weighted by atomic mass is 10.1. The Bertz CT molecular complexity index is 1740. The molecule has 11 heteroatoms. The number of carbonyl (C=O) groups excluding carboxylic acids is 1. The van der Waals surface area contributed by atoms with Crippen LogP contribution in [0.1, 0.15) is 46.1 Å². The van der Waals surface area contributed by atoms with E-state index in [9.17, 15) is 4.79 Å². The number of anilines is 1. The zero-order valence-corrected chi connectivity index (χ0v) is 28.6. The molecule has 0 saturated heterocycles. The molecule has 11 nitrogen and oxygen atoms in total. The predicted octanol–water partition coefficient (Wildman–Crippen LogP) is 7.00. The zero-order valence-electron chi connectivity index (χ0n) is 28.6. The van der Waals surface area contributed by atoms with Crippen LogP contribution in [0.15, 0.2) is 66.7 Å². The molecule has 1 amide bonds. The Balaban J connectivity index is 1.16. The van der Waals surface area contributed by atoms with Crippen molar-refractivity contribution in [3.63, 3.8) is 0 Å². The molecule has 0 saturated carbocycles. The van der Waals surface area contributed by atoms with Gasteiger partial charge >= 0.3 is 0 Å². The van der Waals surface area contributed by atoms with Gasteiger partial charge in [0.05, 0.1) is 61.4 Å². The van der Waals surface area contributed by atoms with Crippen molar-refractivity contribution in [1.82, 2.24) is 5.32 Å². The number of unbranched alkanes of at least 4 members (excludes halogenated alkanes) is 1. The smallest absolute Gasteiger partial charge is 0.255 e. The molecule has 1 atom stereocenters. The van der Waals surface area contributed by atoms with Crippen LogP contribution < -0.4 is 48.5 Å². The van der Waals surface area contributed by atoms with Crippen LogP contribution in [-0.2, 0) is 0 Å². The van der Waals surface area contributed by atoms with Gasteiger partial charge in [0.25, 0.3) is 5.91 Å². The summed E-state index contributed by atoms with van der Waals surface area (Å²) in [5, 5.41) is 6.35. The van der Waals surface area contributed by atoms with Crippen molar-refractivity contribution in [2.45, 2.75) is 19.0 Å². The third kappa shape index (κ3) is 8.06. The number of fused-ring (bicyclic) bond motifs is 1. The average Bonchev–Trinajstić information content (AvgIpc) is 3.14. The minimum absolute atomic E-state index is 0.128. The molecule has 4 aromatic carbocycles. The first kappa shape index (κ1) is 34.6. The summed E-state index contributed by atoms with van der Waals surface area (Å²) in [4.78, 5) is 12.6. The summed E-state index contributed by atoms with van der Waals surface area (Å²) in [5.41, 5.74) is 3.98. The molecule has 2 N–H and O–H groups in total. The first-order chi connectivity index (χ1) is 23.9. The summed E-state index contributed by atoms with van der Waals surface area (Å²) in [7, 11) is 9.52. The molecule has 4 aromatic rings. The molecule has 1 heterocycles. The van der Waals surface area contributed by atoms with Gasteiger partial charge in [-0.25, -0.2) is 0 Å². The second kappa shape index (κ2) is 16.4. The van der Waals surface area contributed by atoms with Crippen LogP contribution in [0.4, 0.5) is 5.69 Å². The van der Waals surface area contributed by atoms with Crippen LogP contribution in [0.5, 0.6) is 46.0 Å². The topological polar surface area (TPSA) is 115 Å². The predicted molar refractivity (Wildman–Crippen MR) is 188 cm³/mol. The lowest BCUT2D eigenvalue weighted by Crippen LogP contribution is -2.38. The van der Waals surface area contributed by atoms with Gasteiger partial charge in [-0.2, -0.15) is 0 Å². The molecule has 5 rings (SSSR count). The fraction of sp³-hybridized carbons (Fsp3) is 0.289. The molecule has 0 spiro atoms. The lowest BCUT2D eigenvalue weighted by molar-refractivity contribution is 0.0935. The first-order valence-electron chi connectivity index (χ1n) is 15.8. The fourth-order valence-corrected chi connectivity index (χ4v) is 5.45. The molecule has 1 aliphatic rings. The maximum atomic E-state index is 12.6. The summed E-state index contributed by atoms with van der Waals surface area (Å²) in [6, 6.07) is 20.6. The number of amides is 1. The van der Waals surface area contributed by atoms with Gasteiger partial charge in [-0.05, 0) is 78.1 Å². The second-order valence-electron chi connectivity index (χ2n) is 11.0. The van der Waals surface area contributed by atoms with E-state index in [1.165, 1.54) is 0 Å². The van der Waals surface area contributed by atoms with Gasteiger partial charge in [0.15, 0.2) is 34.5 Å². The molecule has 0 fully saturated rings. The molecule has 0 radical (unpaired) electrons. The second-order valence-corrected chi connectivity index (χ2v) is 11.0. The van der Waals surface area contributed by atoms with E-state index in [1.807, 2.05) is 72.8 Å². The summed E-state index contributed by atoms with van der Waals surface area (Å²) < 4.78 is 45.5. The molecule has 49 heavy (non-hydrogen) atoms. The van der Waals surface area contributed by atoms with E-state index in [0.29, 0.717) is 64.8 Å². The number of nitrogens with one attached hydrogen (secondary N) is 2. The van der Waals surface area contributed by atoms with Crippen LogP contribution in [0, 0.1) is 0 Å². The van der Waals surface area contributed by atoms with Crippen LogP contribution in [-0.4, -0.2) is 61.8 Å². The van der Waals surface area contributed by atoms with Gasteiger partial charge in [0.1, 0.15) is 6.17 Å². The Hall–Kier alpha value is -5.71. The number of ether oxygens (including phenoxy) is 8. The van der Waals surface area contributed by atoms with E-state index < -0.39 is 0 Å². The number of para-hydroxylation sites is 1. The Morgan fingerprint density at radius 3 is 1.69 bits per heavy atom. The van der Waals surface area contributed by atoms with Gasteiger partial charge in [0, 0.05) is 5.69 Å². The van der Waals surface area contributed by atoms with E-state index in [-0.39, 0.29) is 12.1 Å². The number of carbonyl (C=O) groups is 1. The van der Waals surface area contributed by atoms with Crippen LogP contribution >= 0.6 is 0 Å². The van der Waals surface area contributed by atoms with Gasteiger partial charge < -0.3 is 48.5 Å². The first-order valence-corrected chi connectivity index (χ1v) is 15.8. The van der Waals surface area contributed by atoms with Gasteiger partial charge in [0.2, 0.25) is 11.5 Å². The third-order valence-electron chi connectivity index (χ3n) is 7.95. The maximum absolute atomic E-state index is 12.6. The SMILES string of the molecule is COc1cc(C2NC(=O)c3ccccc3N2)ccc1OCCCCOc1c(OC)cc(/C=C\c2cc(OC)c(OC)c(OC)c2)cc1OC. The van der Waals surface area contributed by atoms with Crippen molar-refractivity contribution in [3.8, 4) is 46.0 Å². The van der Waals surface area contributed by atoms with Crippen molar-refractivity contribution >= 4 is 23.7 Å². The molecule has 258 valence electrons. The largest absolute Gasteiger partial charge is 0.493 e. The summed E-state index contributed by atoms with van der Waals surface area (Å²) in [5.74, 6) is 4.37. The zero-order chi connectivity index (χ0) is 34.8. The van der Waals surface area contributed by atoms with E-state index in [0.717, 1.165) is 35.2 Å². The van der Waals surface area contributed by atoms with E-state index >= 15 is 0 Å². The highest BCUT2D eigenvalue weighted by atomic mass is 16.5. The van der Waals surface area contributed by atoms with E-state index in [4.69, 9.17) is 37.9 Å². The number of hydrogen-bond donors (Lipinski definition) is 2. The summed E-state index contributed by atoms with van der Waals surface area (Å²) >= 11 is 0.